The first kappa shape index (κ1) is 10.5. The Morgan fingerprint density at radius 3 is 2.77 bits per heavy atom. The van der Waals surface area contributed by atoms with Crippen LogP contribution in [-0.4, -0.2) is 18.8 Å². The molecule has 0 atom stereocenters. The fourth-order valence-electron chi connectivity index (χ4n) is 0.918. The molecule has 1 heterocycles. The van der Waals surface area contributed by atoms with Gasteiger partial charge in [-0.3, -0.25) is 0 Å². The van der Waals surface area contributed by atoms with Crippen LogP contribution >= 0.6 is 11.3 Å². The van der Waals surface area contributed by atoms with Crippen molar-refractivity contribution in [3.63, 3.8) is 0 Å². The van der Waals surface area contributed by atoms with Gasteiger partial charge < -0.3 is 10.1 Å². The Morgan fingerprint density at radius 2 is 2.23 bits per heavy atom. The predicted octanol–water partition coefficient (Wildman–Crippen LogP) is 2.98. The summed E-state index contributed by atoms with van der Waals surface area (Å²) < 4.78 is 5.57. The summed E-state index contributed by atoms with van der Waals surface area (Å²) in [6.07, 6.45) is 0. The summed E-state index contributed by atoms with van der Waals surface area (Å²) in [6.45, 7) is 7.82. The highest BCUT2D eigenvalue weighted by Gasteiger charge is 2.08. The second kappa shape index (κ2) is 4.63. The highest BCUT2D eigenvalue weighted by Crippen LogP contribution is 2.11. The highest BCUT2D eigenvalue weighted by molar-refractivity contribution is 7.08. The van der Waals surface area contributed by atoms with Crippen molar-refractivity contribution in [1.29, 1.82) is 0 Å². The van der Waals surface area contributed by atoms with E-state index >= 15 is 0 Å². The molecular formula is C10H17NOS. The summed E-state index contributed by atoms with van der Waals surface area (Å²) in [5.74, 6) is 0. The maximum Gasteiger partial charge on any atom is 0.0646 e. The van der Waals surface area contributed by atoms with Crippen LogP contribution in [0.5, 0.6) is 0 Å². The molecule has 0 aromatic carbocycles. The molecule has 0 aliphatic rings. The molecule has 0 aliphatic heterocycles. The summed E-state index contributed by atoms with van der Waals surface area (Å²) in [5, 5.41) is 7.44. The molecule has 1 aromatic heterocycles. The number of ether oxygens (including phenoxy) is 1. The third kappa shape index (κ3) is 4.90. The van der Waals surface area contributed by atoms with Crippen LogP contribution in [0.3, 0.4) is 0 Å². The molecule has 0 unspecified atom stereocenters. The van der Waals surface area contributed by atoms with E-state index < -0.39 is 0 Å². The summed E-state index contributed by atoms with van der Waals surface area (Å²) in [6, 6.07) is 2.07. The van der Waals surface area contributed by atoms with Crippen molar-refractivity contribution in [2.45, 2.75) is 26.4 Å². The largest absolute Gasteiger partial charge is 0.382 e. The topological polar surface area (TPSA) is 21.3 Å². The Morgan fingerprint density at radius 1 is 1.46 bits per heavy atom. The van der Waals surface area contributed by atoms with Crippen molar-refractivity contribution >= 4 is 17.0 Å². The maximum absolute atomic E-state index is 5.57. The van der Waals surface area contributed by atoms with Crippen LogP contribution in [0, 0.1) is 0 Å². The van der Waals surface area contributed by atoms with E-state index in [1.165, 1.54) is 5.69 Å². The van der Waals surface area contributed by atoms with Gasteiger partial charge in [0.25, 0.3) is 0 Å². The number of hydrogen-bond donors (Lipinski definition) is 1. The van der Waals surface area contributed by atoms with Crippen LogP contribution in [0.2, 0.25) is 0 Å². The molecule has 1 aromatic rings. The number of hydrogen-bond acceptors (Lipinski definition) is 3. The predicted molar refractivity (Wildman–Crippen MR) is 58.5 cm³/mol. The van der Waals surface area contributed by atoms with E-state index in [9.17, 15) is 0 Å². The van der Waals surface area contributed by atoms with Gasteiger partial charge in [-0.2, -0.15) is 11.3 Å². The molecular weight excluding hydrogens is 182 g/mol. The van der Waals surface area contributed by atoms with Crippen LogP contribution in [0.4, 0.5) is 5.69 Å². The molecule has 74 valence electrons. The first-order valence-corrected chi connectivity index (χ1v) is 5.42. The third-order valence-electron chi connectivity index (χ3n) is 1.49. The number of nitrogens with one attached hydrogen (secondary N) is 1. The number of anilines is 1. The molecule has 0 saturated carbocycles. The SMILES string of the molecule is CC(C)(C)OCCNc1ccsc1. The van der Waals surface area contributed by atoms with Gasteiger partial charge in [0.15, 0.2) is 0 Å². The Bertz CT molecular complexity index is 226. The number of thiophene rings is 1. The van der Waals surface area contributed by atoms with Crippen molar-refractivity contribution in [2.75, 3.05) is 18.5 Å². The fraction of sp³-hybridized carbons (Fsp3) is 0.600. The molecule has 0 bridgehead atoms. The Labute approximate surface area is 83.9 Å². The van der Waals surface area contributed by atoms with E-state index in [0.717, 1.165) is 13.2 Å². The van der Waals surface area contributed by atoms with Gasteiger partial charge in [0.1, 0.15) is 0 Å². The summed E-state index contributed by atoms with van der Waals surface area (Å²) in [5.41, 5.74) is 1.15. The van der Waals surface area contributed by atoms with Gasteiger partial charge in [-0.05, 0) is 32.2 Å². The average Bonchev–Trinajstić information content (AvgIpc) is 2.48. The molecule has 0 amide bonds. The molecule has 0 aliphatic carbocycles. The Balaban J connectivity index is 2.09. The minimum absolute atomic E-state index is 0.0314. The standard InChI is InChI=1S/C10H17NOS/c1-10(2,3)12-6-5-11-9-4-7-13-8-9/h4,7-8,11H,5-6H2,1-3H3. The van der Waals surface area contributed by atoms with Gasteiger partial charge in [-0.1, -0.05) is 0 Å². The molecule has 3 heteroatoms. The van der Waals surface area contributed by atoms with Crippen molar-refractivity contribution in [1.82, 2.24) is 0 Å². The first-order chi connectivity index (χ1) is 6.08. The van der Waals surface area contributed by atoms with Crippen LogP contribution in [0.1, 0.15) is 20.8 Å². The third-order valence-corrected chi connectivity index (χ3v) is 2.17. The molecule has 13 heavy (non-hydrogen) atoms. The van der Waals surface area contributed by atoms with Crippen LogP contribution < -0.4 is 5.32 Å². The average molecular weight is 199 g/mol. The van der Waals surface area contributed by atoms with Gasteiger partial charge in [-0.25, -0.2) is 0 Å². The van der Waals surface area contributed by atoms with Gasteiger partial charge >= 0.3 is 0 Å². The molecule has 0 saturated heterocycles. The van der Waals surface area contributed by atoms with E-state index in [1.807, 2.05) is 0 Å². The Kier molecular flexibility index (Phi) is 3.75. The van der Waals surface area contributed by atoms with Gasteiger partial charge in [0.2, 0.25) is 0 Å². The van der Waals surface area contributed by atoms with Gasteiger partial charge in [-0.15, -0.1) is 0 Å². The van der Waals surface area contributed by atoms with Crippen LogP contribution in [0.25, 0.3) is 0 Å². The minimum atomic E-state index is -0.0314. The molecule has 2 nitrogen and oxygen atoms in total. The zero-order valence-electron chi connectivity index (χ0n) is 8.46. The molecule has 0 fully saturated rings. The maximum atomic E-state index is 5.57. The zero-order chi connectivity index (χ0) is 9.73. The second-order valence-electron chi connectivity index (χ2n) is 3.90. The normalized spacial score (nSPS) is 11.6. The monoisotopic (exact) mass is 199 g/mol. The summed E-state index contributed by atoms with van der Waals surface area (Å²) >= 11 is 1.70. The van der Waals surface area contributed by atoms with E-state index in [1.54, 1.807) is 11.3 Å². The zero-order valence-corrected chi connectivity index (χ0v) is 9.28. The Hall–Kier alpha value is -0.540. The quantitative estimate of drug-likeness (QED) is 0.753. The molecule has 1 N–H and O–H groups in total. The highest BCUT2D eigenvalue weighted by atomic mass is 32.1. The van der Waals surface area contributed by atoms with E-state index in [0.29, 0.717) is 0 Å². The fourth-order valence-corrected chi connectivity index (χ4v) is 1.53. The van der Waals surface area contributed by atoms with Crippen molar-refractivity contribution < 1.29 is 4.74 Å². The minimum Gasteiger partial charge on any atom is -0.382 e. The lowest BCUT2D eigenvalue weighted by atomic mass is 10.2. The molecule has 0 radical (unpaired) electrons. The van der Waals surface area contributed by atoms with E-state index in [4.69, 9.17) is 4.74 Å². The summed E-state index contributed by atoms with van der Waals surface area (Å²) in [4.78, 5) is 0. The lowest BCUT2D eigenvalue weighted by Gasteiger charge is -2.19. The number of rotatable bonds is 4. The van der Waals surface area contributed by atoms with E-state index in [-0.39, 0.29) is 5.60 Å². The lowest BCUT2D eigenvalue weighted by Crippen LogP contribution is -2.23. The first-order valence-electron chi connectivity index (χ1n) is 4.48. The van der Waals surface area contributed by atoms with Gasteiger partial charge in [0.05, 0.1) is 12.2 Å². The van der Waals surface area contributed by atoms with Crippen LogP contribution in [-0.2, 0) is 4.74 Å². The molecule has 0 spiro atoms. The van der Waals surface area contributed by atoms with Crippen molar-refractivity contribution in [2.24, 2.45) is 0 Å². The second-order valence-corrected chi connectivity index (χ2v) is 4.68. The summed E-state index contributed by atoms with van der Waals surface area (Å²) in [7, 11) is 0. The smallest absolute Gasteiger partial charge is 0.0646 e. The molecule has 1 rings (SSSR count). The van der Waals surface area contributed by atoms with E-state index in [2.05, 4.69) is 42.9 Å². The van der Waals surface area contributed by atoms with Crippen LogP contribution in [0.15, 0.2) is 16.8 Å². The lowest BCUT2D eigenvalue weighted by molar-refractivity contribution is 0.00334. The van der Waals surface area contributed by atoms with Crippen molar-refractivity contribution in [3.8, 4) is 0 Å². The van der Waals surface area contributed by atoms with Gasteiger partial charge in [0, 0.05) is 17.6 Å². The van der Waals surface area contributed by atoms with Crippen molar-refractivity contribution in [3.05, 3.63) is 16.8 Å².